The summed E-state index contributed by atoms with van der Waals surface area (Å²) in [6.45, 7) is 7.68. The predicted octanol–water partition coefficient (Wildman–Crippen LogP) is 2.97. The predicted molar refractivity (Wildman–Crippen MR) is 69.1 cm³/mol. The van der Waals surface area contributed by atoms with Gasteiger partial charge in [0, 0.05) is 17.8 Å². The zero-order valence-corrected chi connectivity index (χ0v) is 11.4. The molecule has 2 atom stereocenters. The first-order valence-corrected chi connectivity index (χ1v) is 6.36. The van der Waals surface area contributed by atoms with E-state index in [1.165, 1.54) is 0 Å². The SMILES string of the molecule is C/C=C1\[C@H]2C=C(C)C[C@]1(C(=O)O)CC(=O)C2(C)C. The molecule has 2 rings (SSSR count). The van der Waals surface area contributed by atoms with Crippen LogP contribution in [0, 0.1) is 16.7 Å². The first-order valence-electron chi connectivity index (χ1n) is 6.36. The van der Waals surface area contributed by atoms with E-state index in [2.05, 4.69) is 6.08 Å². The number of carbonyl (C=O) groups excluding carboxylic acids is 1. The molecule has 1 fully saturated rings. The Kier molecular flexibility index (Phi) is 2.76. The van der Waals surface area contributed by atoms with Crippen LogP contribution in [0.25, 0.3) is 0 Å². The number of allylic oxidation sites excluding steroid dienone is 3. The zero-order valence-electron chi connectivity index (χ0n) is 11.4. The van der Waals surface area contributed by atoms with Gasteiger partial charge in [0.1, 0.15) is 5.78 Å². The Morgan fingerprint density at radius 2 is 2.06 bits per heavy atom. The van der Waals surface area contributed by atoms with Crippen LogP contribution in [-0.4, -0.2) is 16.9 Å². The number of hydrogen-bond donors (Lipinski definition) is 1. The van der Waals surface area contributed by atoms with E-state index in [1.54, 1.807) is 0 Å². The molecule has 1 N–H and O–H groups in total. The topological polar surface area (TPSA) is 54.4 Å². The van der Waals surface area contributed by atoms with Crippen LogP contribution in [0.1, 0.15) is 40.5 Å². The molecule has 98 valence electrons. The van der Waals surface area contributed by atoms with Crippen LogP contribution < -0.4 is 0 Å². The van der Waals surface area contributed by atoms with Gasteiger partial charge in [-0.15, -0.1) is 0 Å². The summed E-state index contributed by atoms with van der Waals surface area (Å²) in [7, 11) is 0. The lowest BCUT2D eigenvalue weighted by Gasteiger charge is -2.50. The van der Waals surface area contributed by atoms with Crippen molar-refractivity contribution in [3.63, 3.8) is 0 Å². The zero-order chi connectivity index (χ0) is 13.7. The van der Waals surface area contributed by atoms with E-state index in [0.717, 1.165) is 11.1 Å². The molecule has 0 aromatic rings. The molecule has 0 aliphatic heterocycles. The van der Waals surface area contributed by atoms with E-state index in [-0.39, 0.29) is 18.1 Å². The largest absolute Gasteiger partial charge is 0.481 e. The van der Waals surface area contributed by atoms with Gasteiger partial charge in [0.05, 0.1) is 5.41 Å². The van der Waals surface area contributed by atoms with Crippen LogP contribution in [0.2, 0.25) is 0 Å². The summed E-state index contributed by atoms with van der Waals surface area (Å²) in [5, 5.41) is 9.63. The van der Waals surface area contributed by atoms with E-state index in [4.69, 9.17) is 0 Å². The second kappa shape index (κ2) is 3.81. The number of aliphatic carboxylic acids is 1. The third kappa shape index (κ3) is 1.49. The van der Waals surface area contributed by atoms with E-state index in [1.807, 2.05) is 33.8 Å². The van der Waals surface area contributed by atoms with Crippen molar-refractivity contribution in [2.45, 2.75) is 40.5 Å². The number of carbonyl (C=O) groups is 2. The van der Waals surface area contributed by atoms with Gasteiger partial charge < -0.3 is 5.11 Å². The van der Waals surface area contributed by atoms with Crippen molar-refractivity contribution in [3.8, 4) is 0 Å². The van der Waals surface area contributed by atoms with Crippen LogP contribution in [0.15, 0.2) is 23.3 Å². The van der Waals surface area contributed by atoms with Crippen molar-refractivity contribution < 1.29 is 14.7 Å². The number of fused-ring (bicyclic) bond motifs is 2. The second-order valence-electron chi connectivity index (χ2n) is 6.12. The number of rotatable bonds is 1. The average Bonchev–Trinajstić information content (AvgIpc) is 2.26. The molecule has 3 heteroatoms. The van der Waals surface area contributed by atoms with Crippen molar-refractivity contribution >= 4 is 11.8 Å². The van der Waals surface area contributed by atoms with Crippen molar-refractivity contribution in [3.05, 3.63) is 23.3 Å². The Morgan fingerprint density at radius 3 is 2.56 bits per heavy atom. The summed E-state index contributed by atoms with van der Waals surface area (Å²) in [6.07, 6.45) is 4.56. The first kappa shape index (κ1) is 13.1. The van der Waals surface area contributed by atoms with Crippen LogP contribution in [0.3, 0.4) is 0 Å². The highest BCUT2D eigenvalue weighted by Crippen LogP contribution is 2.56. The maximum atomic E-state index is 12.3. The van der Waals surface area contributed by atoms with Crippen molar-refractivity contribution in [1.29, 1.82) is 0 Å². The van der Waals surface area contributed by atoms with Crippen molar-refractivity contribution in [2.24, 2.45) is 16.7 Å². The summed E-state index contributed by atoms with van der Waals surface area (Å²) in [4.78, 5) is 24.0. The Labute approximate surface area is 108 Å². The van der Waals surface area contributed by atoms with Crippen LogP contribution >= 0.6 is 0 Å². The number of hydrogen-bond acceptors (Lipinski definition) is 2. The highest BCUT2D eigenvalue weighted by atomic mass is 16.4. The summed E-state index contributed by atoms with van der Waals surface area (Å²) >= 11 is 0. The van der Waals surface area contributed by atoms with Gasteiger partial charge in [-0.25, -0.2) is 0 Å². The molecule has 0 saturated heterocycles. The molecule has 18 heavy (non-hydrogen) atoms. The molecule has 2 aliphatic carbocycles. The van der Waals surface area contributed by atoms with Gasteiger partial charge in [-0.1, -0.05) is 31.6 Å². The maximum Gasteiger partial charge on any atom is 0.314 e. The third-order valence-electron chi connectivity index (χ3n) is 4.60. The number of Topliss-reactive ketones (excluding diaryl/α,β-unsaturated/α-hetero) is 1. The monoisotopic (exact) mass is 248 g/mol. The molecule has 0 radical (unpaired) electrons. The molecule has 3 nitrogen and oxygen atoms in total. The molecular weight excluding hydrogens is 228 g/mol. The van der Waals surface area contributed by atoms with E-state index in [0.29, 0.717) is 6.42 Å². The minimum absolute atomic E-state index is 0.0595. The van der Waals surface area contributed by atoms with Gasteiger partial charge in [-0.3, -0.25) is 9.59 Å². The van der Waals surface area contributed by atoms with Gasteiger partial charge in [0.25, 0.3) is 0 Å². The Morgan fingerprint density at radius 1 is 1.44 bits per heavy atom. The van der Waals surface area contributed by atoms with E-state index >= 15 is 0 Å². The minimum atomic E-state index is -0.995. The summed E-state index contributed by atoms with van der Waals surface area (Å²) < 4.78 is 0. The molecule has 2 bridgehead atoms. The van der Waals surface area contributed by atoms with Crippen LogP contribution in [0.5, 0.6) is 0 Å². The van der Waals surface area contributed by atoms with Gasteiger partial charge in [0.15, 0.2) is 0 Å². The molecule has 0 aromatic heterocycles. The Hall–Kier alpha value is -1.38. The quantitative estimate of drug-likeness (QED) is 0.726. The minimum Gasteiger partial charge on any atom is -0.481 e. The number of carboxylic acid groups (broad SMARTS) is 1. The summed E-state index contributed by atoms with van der Waals surface area (Å²) in [5.41, 5.74) is 0.492. The average molecular weight is 248 g/mol. The molecule has 0 amide bonds. The number of carboxylic acids is 1. The molecule has 0 spiro atoms. The fourth-order valence-corrected chi connectivity index (χ4v) is 3.48. The second-order valence-corrected chi connectivity index (χ2v) is 6.12. The summed E-state index contributed by atoms with van der Waals surface area (Å²) in [6, 6.07) is 0. The van der Waals surface area contributed by atoms with Crippen molar-refractivity contribution in [1.82, 2.24) is 0 Å². The fourth-order valence-electron chi connectivity index (χ4n) is 3.48. The van der Waals surface area contributed by atoms with E-state index < -0.39 is 16.8 Å². The third-order valence-corrected chi connectivity index (χ3v) is 4.60. The lowest BCUT2D eigenvalue weighted by Crippen LogP contribution is -2.52. The van der Waals surface area contributed by atoms with Crippen LogP contribution in [0.4, 0.5) is 0 Å². The van der Waals surface area contributed by atoms with Gasteiger partial charge in [-0.05, 0) is 25.8 Å². The molecular formula is C15H20O3. The lowest BCUT2D eigenvalue weighted by atomic mass is 9.51. The lowest BCUT2D eigenvalue weighted by molar-refractivity contribution is -0.154. The molecule has 2 aliphatic rings. The molecule has 0 heterocycles. The van der Waals surface area contributed by atoms with Gasteiger partial charge in [0.2, 0.25) is 0 Å². The molecule has 0 aromatic carbocycles. The Balaban J connectivity index is 2.68. The standard InChI is InChI=1S/C15H20O3/c1-5-10-11-6-9(2)7-15(10,13(17)18)8-12(16)14(11,3)4/h5-6,11H,7-8H2,1-4H3,(H,17,18)/b10-5+/t11-,15+/m1/s1. The van der Waals surface area contributed by atoms with Crippen molar-refractivity contribution in [2.75, 3.05) is 0 Å². The molecule has 1 saturated carbocycles. The first-order chi connectivity index (χ1) is 8.25. The summed E-state index contributed by atoms with van der Waals surface area (Å²) in [5.74, 6) is -0.880. The molecule has 0 unspecified atom stereocenters. The number of ketones is 1. The van der Waals surface area contributed by atoms with Crippen LogP contribution in [-0.2, 0) is 9.59 Å². The van der Waals surface area contributed by atoms with Gasteiger partial charge >= 0.3 is 5.97 Å². The Bertz CT molecular complexity index is 482. The highest BCUT2D eigenvalue weighted by molar-refractivity contribution is 5.95. The normalized spacial score (nSPS) is 36.4. The highest BCUT2D eigenvalue weighted by Gasteiger charge is 2.57. The fraction of sp³-hybridized carbons (Fsp3) is 0.600. The van der Waals surface area contributed by atoms with Gasteiger partial charge in [-0.2, -0.15) is 0 Å². The smallest absolute Gasteiger partial charge is 0.314 e. The van der Waals surface area contributed by atoms with E-state index in [9.17, 15) is 14.7 Å². The maximum absolute atomic E-state index is 12.3.